The number of hydrogen-bond donors (Lipinski definition) is 2. The molecule has 0 aromatic carbocycles. The lowest BCUT2D eigenvalue weighted by Gasteiger charge is -2.41. The van der Waals surface area contributed by atoms with Gasteiger partial charge in [-0.3, -0.25) is 0 Å². The molecular weight excluding hydrogens is 354 g/mol. The summed E-state index contributed by atoms with van der Waals surface area (Å²) in [5.74, 6) is 0.423. The Bertz CT molecular complexity index is 865. The van der Waals surface area contributed by atoms with Crippen LogP contribution in [0.15, 0.2) is 6.20 Å². The van der Waals surface area contributed by atoms with Gasteiger partial charge in [-0.15, -0.1) is 5.10 Å². The van der Waals surface area contributed by atoms with Gasteiger partial charge in [0, 0.05) is 12.0 Å². The van der Waals surface area contributed by atoms with Crippen LogP contribution in [-0.2, 0) is 10.2 Å². The number of nitrogens with one attached hydrogen (secondary N) is 1. The number of anilines is 1. The van der Waals surface area contributed by atoms with Crippen molar-refractivity contribution in [3.8, 4) is 6.07 Å². The van der Waals surface area contributed by atoms with Crippen LogP contribution in [0.1, 0.15) is 50.3 Å². The molecule has 0 unspecified atom stereocenters. The van der Waals surface area contributed by atoms with Crippen molar-refractivity contribution in [2.24, 2.45) is 0 Å². The third-order valence-electron chi connectivity index (χ3n) is 5.87. The maximum Gasteiger partial charge on any atom is 0.241 e. The van der Waals surface area contributed by atoms with Gasteiger partial charge in [0.2, 0.25) is 5.95 Å². The fraction of sp³-hybridized carbons (Fsp3) is 0.611. The monoisotopic (exact) mass is 375 g/mol. The van der Waals surface area contributed by atoms with E-state index in [0.29, 0.717) is 41.7 Å². The minimum atomic E-state index is -0.598. The van der Waals surface area contributed by atoms with Crippen molar-refractivity contribution < 1.29 is 9.84 Å². The largest absolute Gasteiger partial charge is 0.389 e. The molecule has 26 heavy (non-hydrogen) atoms. The third-order valence-corrected chi connectivity index (χ3v) is 6.25. The Kier molecular flexibility index (Phi) is 4.51. The second-order valence-electron chi connectivity index (χ2n) is 7.20. The van der Waals surface area contributed by atoms with E-state index >= 15 is 0 Å². The number of aliphatic hydroxyl groups is 1. The average Bonchev–Trinajstić information content (AvgIpc) is 2.89. The third kappa shape index (κ3) is 2.64. The molecule has 7 nitrogen and oxygen atoms in total. The normalized spacial score (nSPS) is 24.8. The van der Waals surface area contributed by atoms with Gasteiger partial charge in [0.1, 0.15) is 11.6 Å². The molecule has 0 bridgehead atoms. The highest BCUT2D eigenvalue weighted by molar-refractivity contribution is 6.35. The molecule has 8 heteroatoms. The number of halogens is 1. The summed E-state index contributed by atoms with van der Waals surface area (Å²) in [6.45, 7) is 3.04. The van der Waals surface area contributed by atoms with E-state index in [4.69, 9.17) is 16.3 Å². The van der Waals surface area contributed by atoms with E-state index in [1.54, 1.807) is 10.7 Å². The maximum absolute atomic E-state index is 10.1. The lowest BCUT2D eigenvalue weighted by molar-refractivity contribution is -0.0136. The predicted octanol–water partition coefficient (Wildman–Crippen LogP) is 2.65. The molecule has 1 saturated heterocycles. The van der Waals surface area contributed by atoms with Gasteiger partial charge >= 0.3 is 0 Å². The van der Waals surface area contributed by atoms with Crippen molar-refractivity contribution >= 4 is 23.1 Å². The van der Waals surface area contributed by atoms with Gasteiger partial charge in [0.15, 0.2) is 0 Å². The molecule has 2 aromatic rings. The predicted molar refractivity (Wildman–Crippen MR) is 97.4 cm³/mol. The molecule has 4 rings (SSSR count). The van der Waals surface area contributed by atoms with Gasteiger partial charge in [-0.2, -0.15) is 5.26 Å². The summed E-state index contributed by atoms with van der Waals surface area (Å²) >= 11 is 6.47. The molecule has 2 aliphatic rings. The second kappa shape index (κ2) is 6.69. The summed E-state index contributed by atoms with van der Waals surface area (Å²) in [5.41, 5.74) is 2.00. The first-order valence-electron chi connectivity index (χ1n) is 9.10. The zero-order valence-corrected chi connectivity index (χ0v) is 15.5. The van der Waals surface area contributed by atoms with Crippen LogP contribution in [-0.4, -0.2) is 45.1 Å². The smallest absolute Gasteiger partial charge is 0.241 e. The van der Waals surface area contributed by atoms with E-state index in [1.165, 1.54) is 0 Å². The van der Waals surface area contributed by atoms with Crippen molar-refractivity contribution in [3.63, 3.8) is 0 Å². The number of nitrogens with zero attached hydrogens (tertiary/aromatic N) is 4. The first-order chi connectivity index (χ1) is 12.6. The maximum atomic E-state index is 10.1. The van der Waals surface area contributed by atoms with Gasteiger partial charge < -0.3 is 15.2 Å². The van der Waals surface area contributed by atoms with Crippen molar-refractivity contribution in [2.75, 3.05) is 18.5 Å². The molecule has 2 fully saturated rings. The van der Waals surface area contributed by atoms with Crippen LogP contribution in [0.2, 0.25) is 5.02 Å². The standard InChI is InChI=1S/C18H22ClN5O2/c1-2-18(5-3-6-18)16-11(8-20)15(19)13-9-21-17(23-24(13)16)22-12-4-7-26-10-14(12)25/h9,12,14,25H,2-7,10H2,1H3,(H,22,23)/t12-,14-/m1/s1. The zero-order chi connectivity index (χ0) is 18.3. The number of fused-ring (bicyclic) bond motifs is 1. The highest BCUT2D eigenvalue weighted by Crippen LogP contribution is 2.49. The highest BCUT2D eigenvalue weighted by Gasteiger charge is 2.42. The van der Waals surface area contributed by atoms with Crippen LogP contribution in [0.4, 0.5) is 5.95 Å². The summed E-state index contributed by atoms with van der Waals surface area (Å²) in [6.07, 6.45) is 5.89. The number of nitriles is 1. The summed E-state index contributed by atoms with van der Waals surface area (Å²) in [5, 5.41) is 28.0. The lowest BCUT2D eigenvalue weighted by atomic mass is 9.64. The van der Waals surface area contributed by atoms with E-state index in [2.05, 4.69) is 28.4 Å². The molecule has 1 aliphatic heterocycles. The molecule has 0 spiro atoms. The Morgan fingerprint density at radius 1 is 1.54 bits per heavy atom. The van der Waals surface area contributed by atoms with Crippen LogP contribution in [0.5, 0.6) is 0 Å². The SMILES string of the molecule is CCC1(c2c(C#N)c(Cl)c3cnc(N[C@@H]4CCOC[C@H]4O)nn23)CCC1. The summed E-state index contributed by atoms with van der Waals surface area (Å²) in [7, 11) is 0. The Morgan fingerprint density at radius 3 is 2.96 bits per heavy atom. The van der Waals surface area contributed by atoms with Crippen molar-refractivity contribution in [1.29, 1.82) is 5.26 Å². The van der Waals surface area contributed by atoms with Crippen LogP contribution in [0.3, 0.4) is 0 Å². The molecular formula is C18H22ClN5O2. The van der Waals surface area contributed by atoms with E-state index in [1.807, 2.05) is 0 Å². The minimum absolute atomic E-state index is 0.0507. The minimum Gasteiger partial charge on any atom is -0.389 e. The fourth-order valence-corrected chi connectivity index (χ4v) is 4.35. The molecule has 2 N–H and O–H groups in total. The summed E-state index contributed by atoms with van der Waals surface area (Å²) in [6, 6.07) is 2.11. The first-order valence-corrected chi connectivity index (χ1v) is 9.47. The summed E-state index contributed by atoms with van der Waals surface area (Å²) < 4.78 is 7.05. The Labute approximate surface area is 156 Å². The van der Waals surface area contributed by atoms with Gasteiger partial charge in [0.05, 0.1) is 41.2 Å². The second-order valence-corrected chi connectivity index (χ2v) is 7.58. The number of rotatable bonds is 4. The van der Waals surface area contributed by atoms with Gasteiger partial charge in [-0.05, 0) is 25.7 Å². The number of aromatic nitrogens is 3. The lowest BCUT2D eigenvalue weighted by Crippen LogP contribution is -2.42. The van der Waals surface area contributed by atoms with Gasteiger partial charge in [-0.1, -0.05) is 24.9 Å². The van der Waals surface area contributed by atoms with E-state index in [-0.39, 0.29) is 11.5 Å². The van der Waals surface area contributed by atoms with E-state index < -0.39 is 6.10 Å². The zero-order valence-electron chi connectivity index (χ0n) is 14.7. The van der Waals surface area contributed by atoms with E-state index in [0.717, 1.165) is 31.4 Å². The molecule has 0 radical (unpaired) electrons. The molecule has 2 atom stereocenters. The van der Waals surface area contributed by atoms with Crippen molar-refractivity contribution in [2.45, 2.75) is 56.6 Å². The molecule has 1 aliphatic carbocycles. The Morgan fingerprint density at radius 2 is 2.35 bits per heavy atom. The molecule has 2 aromatic heterocycles. The van der Waals surface area contributed by atoms with Gasteiger partial charge in [0.25, 0.3) is 0 Å². The number of hydrogen-bond acceptors (Lipinski definition) is 6. The number of ether oxygens (including phenoxy) is 1. The molecule has 1 saturated carbocycles. The van der Waals surface area contributed by atoms with Crippen molar-refractivity contribution in [3.05, 3.63) is 22.5 Å². The topological polar surface area (TPSA) is 95.5 Å². The van der Waals surface area contributed by atoms with Gasteiger partial charge in [-0.25, -0.2) is 9.50 Å². The Balaban J connectivity index is 1.78. The van der Waals surface area contributed by atoms with Crippen LogP contribution in [0.25, 0.3) is 5.52 Å². The average molecular weight is 376 g/mol. The molecule has 138 valence electrons. The van der Waals surface area contributed by atoms with E-state index in [9.17, 15) is 10.4 Å². The van der Waals surface area contributed by atoms with Crippen LogP contribution >= 0.6 is 11.6 Å². The molecule has 0 amide bonds. The van der Waals surface area contributed by atoms with Crippen molar-refractivity contribution in [1.82, 2.24) is 14.6 Å². The molecule has 3 heterocycles. The number of aliphatic hydroxyl groups excluding tert-OH is 1. The van der Waals surface area contributed by atoms with Crippen LogP contribution in [0, 0.1) is 11.3 Å². The first kappa shape index (κ1) is 17.5. The summed E-state index contributed by atoms with van der Waals surface area (Å²) in [4.78, 5) is 4.35. The Hall–Kier alpha value is -1.88. The van der Waals surface area contributed by atoms with Crippen LogP contribution < -0.4 is 5.32 Å². The fourth-order valence-electron chi connectivity index (χ4n) is 4.09. The highest BCUT2D eigenvalue weighted by atomic mass is 35.5. The quantitative estimate of drug-likeness (QED) is 0.852.